The Morgan fingerprint density at radius 2 is 1.58 bits per heavy atom. The predicted octanol–water partition coefficient (Wildman–Crippen LogP) is 5.03. The van der Waals surface area contributed by atoms with E-state index < -0.39 is 5.97 Å². The van der Waals surface area contributed by atoms with Gasteiger partial charge in [-0.25, -0.2) is 4.79 Å². The largest absolute Gasteiger partial charge is 0.478 e. The molecule has 0 aromatic heterocycles. The van der Waals surface area contributed by atoms with Gasteiger partial charge in [-0.1, -0.05) is 54.1 Å². The van der Waals surface area contributed by atoms with Crippen molar-refractivity contribution in [2.75, 3.05) is 5.32 Å². The number of hydrogen-bond acceptors (Lipinski definition) is 2. The average molecular weight is 368 g/mol. The Balaban J connectivity index is 0.00000243. The second-order valence-electron chi connectivity index (χ2n) is 5.75. The van der Waals surface area contributed by atoms with Gasteiger partial charge in [0.1, 0.15) is 0 Å². The number of amides is 1. The SMILES string of the molecule is Cc1ccc(-c2ccccc2C(=O)Nc2cccc(C(=O)O)c2)cc1.Cl. The number of hydrogen-bond donors (Lipinski definition) is 2. The van der Waals surface area contributed by atoms with Gasteiger partial charge in [0.15, 0.2) is 0 Å². The third kappa shape index (κ3) is 4.29. The summed E-state index contributed by atoms with van der Waals surface area (Å²) in [6, 6.07) is 21.5. The van der Waals surface area contributed by atoms with E-state index in [1.54, 1.807) is 24.3 Å². The van der Waals surface area contributed by atoms with Crippen LogP contribution in [0.1, 0.15) is 26.3 Å². The van der Waals surface area contributed by atoms with Crippen LogP contribution < -0.4 is 5.32 Å². The van der Waals surface area contributed by atoms with Gasteiger partial charge in [-0.15, -0.1) is 12.4 Å². The van der Waals surface area contributed by atoms with Gasteiger partial charge in [-0.3, -0.25) is 4.79 Å². The summed E-state index contributed by atoms with van der Waals surface area (Å²) in [6.07, 6.45) is 0. The second kappa shape index (κ2) is 8.32. The zero-order valence-corrected chi connectivity index (χ0v) is 14.9. The molecule has 0 heterocycles. The summed E-state index contributed by atoms with van der Waals surface area (Å²) >= 11 is 0. The number of benzene rings is 3. The molecule has 0 fully saturated rings. The van der Waals surface area contributed by atoms with E-state index in [1.807, 2.05) is 43.3 Å². The second-order valence-corrected chi connectivity index (χ2v) is 5.75. The van der Waals surface area contributed by atoms with E-state index in [4.69, 9.17) is 5.11 Å². The molecular formula is C21H18ClNO3. The molecule has 1 amide bonds. The highest BCUT2D eigenvalue weighted by atomic mass is 35.5. The van der Waals surface area contributed by atoms with Crippen molar-refractivity contribution >= 4 is 30.0 Å². The molecule has 0 aliphatic carbocycles. The quantitative estimate of drug-likeness (QED) is 0.679. The Bertz CT molecular complexity index is 936. The molecule has 0 bridgehead atoms. The monoisotopic (exact) mass is 367 g/mol. The number of carbonyl (C=O) groups excluding carboxylic acids is 1. The number of carboxylic acids is 1. The minimum Gasteiger partial charge on any atom is -0.478 e. The lowest BCUT2D eigenvalue weighted by molar-refractivity contribution is 0.0696. The van der Waals surface area contributed by atoms with Gasteiger partial charge in [0.05, 0.1) is 5.56 Å². The Kier molecular flexibility index (Phi) is 6.15. The van der Waals surface area contributed by atoms with Crippen molar-refractivity contribution < 1.29 is 14.7 Å². The van der Waals surface area contributed by atoms with Crippen molar-refractivity contribution in [2.24, 2.45) is 0 Å². The lowest BCUT2D eigenvalue weighted by atomic mass is 9.98. The van der Waals surface area contributed by atoms with Crippen LogP contribution in [-0.4, -0.2) is 17.0 Å². The number of halogens is 1. The molecule has 0 saturated heterocycles. The third-order valence-corrected chi connectivity index (χ3v) is 3.90. The highest BCUT2D eigenvalue weighted by molar-refractivity contribution is 6.09. The van der Waals surface area contributed by atoms with Crippen molar-refractivity contribution in [2.45, 2.75) is 6.92 Å². The summed E-state index contributed by atoms with van der Waals surface area (Å²) in [5, 5.41) is 11.8. The fraction of sp³-hybridized carbons (Fsp3) is 0.0476. The van der Waals surface area contributed by atoms with Crippen LogP contribution in [0.2, 0.25) is 0 Å². The first-order chi connectivity index (χ1) is 12.0. The van der Waals surface area contributed by atoms with Gasteiger partial charge >= 0.3 is 5.97 Å². The normalized spacial score (nSPS) is 9.88. The molecule has 132 valence electrons. The van der Waals surface area contributed by atoms with Crippen molar-refractivity contribution in [3.63, 3.8) is 0 Å². The minimum absolute atomic E-state index is 0. The predicted molar refractivity (Wildman–Crippen MR) is 105 cm³/mol. The lowest BCUT2D eigenvalue weighted by Crippen LogP contribution is -2.13. The molecule has 3 aromatic rings. The van der Waals surface area contributed by atoms with Gasteiger partial charge in [0.2, 0.25) is 0 Å². The molecule has 0 aliphatic rings. The maximum absolute atomic E-state index is 12.7. The molecule has 0 unspecified atom stereocenters. The van der Waals surface area contributed by atoms with Crippen LogP contribution in [0.3, 0.4) is 0 Å². The molecule has 0 radical (unpaired) electrons. The standard InChI is InChI=1S/C21H17NO3.ClH/c1-14-9-11-15(12-10-14)18-7-2-3-8-19(18)20(23)22-17-6-4-5-16(13-17)21(24)25;/h2-13H,1H3,(H,22,23)(H,24,25);1H. The van der Waals surface area contributed by atoms with Crippen LogP contribution in [0.15, 0.2) is 72.8 Å². The van der Waals surface area contributed by atoms with Crippen LogP contribution in [-0.2, 0) is 0 Å². The molecule has 0 saturated carbocycles. The Morgan fingerprint density at radius 1 is 0.885 bits per heavy atom. The van der Waals surface area contributed by atoms with E-state index in [0.717, 1.165) is 16.7 Å². The van der Waals surface area contributed by atoms with Gasteiger partial charge in [-0.2, -0.15) is 0 Å². The van der Waals surface area contributed by atoms with Crippen LogP contribution in [0.5, 0.6) is 0 Å². The third-order valence-electron chi connectivity index (χ3n) is 3.90. The summed E-state index contributed by atoms with van der Waals surface area (Å²) in [7, 11) is 0. The first-order valence-corrected chi connectivity index (χ1v) is 7.85. The first kappa shape index (κ1) is 19.2. The number of carboxylic acid groups (broad SMARTS) is 1. The number of aromatic carboxylic acids is 1. The smallest absolute Gasteiger partial charge is 0.335 e. The van der Waals surface area contributed by atoms with Gasteiger partial charge in [0.25, 0.3) is 5.91 Å². The van der Waals surface area contributed by atoms with Gasteiger partial charge in [-0.05, 0) is 42.3 Å². The van der Waals surface area contributed by atoms with Crippen molar-refractivity contribution in [3.05, 3.63) is 89.5 Å². The topological polar surface area (TPSA) is 66.4 Å². The molecule has 0 atom stereocenters. The average Bonchev–Trinajstić information content (AvgIpc) is 2.62. The number of nitrogens with one attached hydrogen (secondary N) is 1. The lowest BCUT2D eigenvalue weighted by Gasteiger charge is -2.11. The molecule has 5 heteroatoms. The fourth-order valence-electron chi connectivity index (χ4n) is 2.59. The van der Waals surface area contributed by atoms with Crippen LogP contribution >= 0.6 is 12.4 Å². The van der Waals surface area contributed by atoms with Crippen LogP contribution in [0.25, 0.3) is 11.1 Å². The van der Waals surface area contributed by atoms with E-state index in [0.29, 0.717) is 11.3 Å². The summed E-state index contributed by atoms with van der Waals surface area (Å²) in [4.78, 5) is 23.8. The highest BCUT2D eigenvalue weighted by Crippen LogP contribution is 2.25. The number of anilines is 1. The molecule has 0 aliphatic heterocycles. The van der Waals surface area contributed by atoms with Gasteiger partial charge in [0, 0.05) is 11.3 Å². The molecule has 3 rings (SSSR count). The Labute approximate surface area is 157 Å². The zero-order chi connectivity index (χ0) is 17.8. The molecule has 26 heavy (non-hydrogen) atoms. The number of carbonyl (C=O) groups is 2. The van der Waals surface area contributed by atoms with E-state index in [1.165, 1.54) is 12.1 Å². The maximum atomic E-state index is 12.7. The van der Waals surface area contributed by atoms with Crippen molar-refractivity contribution in [1.82, 2.24) is 0 Å². The first-order valence-electron chi connectivity index (χ1n) is 7.85. The molecule has 2 N–H and O–H groups in total. The molecule has 0 spiro atoms. The van der Waals surface area contributed by atoms with Crippen LogP contribution in [0, 0.1) is 6.92 Å². The van der Waals surface area contributed by atoms with E-state index in [-0.39, 0.29) is 23.9 Å². The summed E-state index contributed by atoms with van der Waals surface area (Å²) < 4.78 is 0. The minimum atomic E-state index is -1.03. The van der Waals surface area contributed by atoms with E-state index in [2.05, 4.69) is 5.32 Å². The molecule has 3 aromatic carbocycles. The molecule has 4 nitrogen and oxygen atoms in total. The zero-order valence-electron chi connectivity index (χ0n) is 14.1. The van der Waals surface area contributed by atoms with Crippen molar-refractivity contribution in [3.8, 4) is 11.1 Å². The van der Waals surface area contributed by atoms with Crippen LogP contribution in [0.4, 0.5) is 5.69 Å². The number of rotatable bonds is 4. The maximum Gasteiger partial charge on any atom is 0.335 e. The van der Waals surface area contributed by atoms with E-state index in [9.17, 15) is 9.59 Å². The highest BCUT2D eigenvalue weighted by Gasteiger charge is 2.13. The Morgan fingerprint density at radius 3 is 2.27 bits per heavy atom. The Hall–Kier alpha value is -3.11. The van der Waals surface area contributed by atoms with Crippen molar-refractivity contribution in [1.29, 1.82) is 0 Å². The number of aryl methyl sites for hydroxylation is 1. The van der Waals surface area contributed by atoms with Gasteiger partial charge < -0.3 is 10.4 Å². The summed E-state index contributed by atoms with van der Waals surface area (Å²) in [5.41, 5.74) is 4.04. The summed E-state index contributed by atoms with van der Waals surface area (Å²) in [6.45, 7) is 2.01. The summed E-state index contributed by atoms with van der Waals surface area (Å²) in [5.74, 6) is -1.31. The molecular weight excluding hydrogens is 350 g/mol. The van der Waals surface area contributed by atoms with E-state index >= 15 is 0 Å². The fourth-order valence-corrected chi connectivity index (χ4v) is 2.59.